The number of aliphatic hydroxyl groups excluding tert-OH is 2. The monoisotopic (exact) mass is 274 g/mol. The van der Waals surface area contributed by atoms with Gasteiger partial charge in [0.1, 0.15) is 0 Å². The standard InChI is InChI=1S/C11H18N2O4S/c1-2-8-3-4-9(12)5-11(8)18(16,17)13-10(6-14)7-15/h3-5,10,13-15H,2,6-7,12H2,1H3. The maximum Gasteiger partial charge on any atom is 0.241 e. The Bertz CT molecular complexity index is 498. The molecule has 0 fully saturated rings. The second-order valence-electron chi connectivity index (χ2n) is 3.90. The molecule has 1 aromatic carbocycles. The Kier molecular flexibility index (Phi) is 5.09. The van der Waals surface area contributed by atoms with Gasteiger partial charge < -0.3 is 15.9 Å². The first-order valence-electron chi connectivity index (χ1n) is 5.57. The highest BCUT2D eigenvalue weighted by atomic mass is 32.2. The maximum atomic E-state index is 12.1. The van der Waals surface area contributed by atoms with Gasteiger partial charge >= 0.3 is 0 Å². The van der Waals surface area contributed by atoms with E-state index in [0.717, 1.165) is 0 Å². The number of aliphatic hydroxyl groups is 2. The molecular formula is C11H18N2O4S. The van der Waals surface area contributed by atoms with Crippen LogP contribution in [0.5, 0.6) is 0 Å². The predicted molar refractivity (Wildman–Crippen MR) is 68.5 cm³/mol. The van der Waals surface area contributed by atoms with Crippen molar-refractivity contribution in [3.05, 3.63) is 23.8 Å². The van der Waals surface area contributed by atoms with E-state index in [-0.39, 0.29) is 4.90 Å². The fraction of sp³-hybridized carbons (Fsp3) is 0.455. The van der Waals surface area contributed by atoms with Crippen LogP contribution >= 0.6 is 0 Å². The van der Waals surface area contributed by atoms with Crippen LogP contribution in [0.25, 0.3) is 0 Å². The van der Waals surface area contributed by atoms with Gasteiger partial charge in [-0.05, 0) is 24.1 Å². The van der Waals surface area contributed by atoms with Gasteiger partial charge in [0.15, 0.2) is 0 Å². The van der Waals surface area contributed by atoms with Crippen LogP contribution in [0, 0.1) is 0 Å². The molecule has 18 heavy (non-hydrogen) atoms. The molecule has 0 radical (unpaired) electrons. The number of hydrogen-bond donors (Lipinski definition) is 4. The Morgan fingerprint density at radius 2 is 1.94 bits per heavy atom. The van der Waals surface area contributed by atoms with E-state index in [2.05, 4.69) is 4.72 Å². The molecule has 0 aliphatic carbocycles. The molecule has 0 spiro atoms. The minimum Gasteiger partial charge on any atom is -0.399 e. The fourth-order valence-electron chi connectivity index (χ4n) is 1.53. The highest BCUT2D eigenvalue weighted by molar-refractivity contribution is 7.89. The lowest BCUT2D eigenvalue weighted by atomic mass is 10.1. The van der Waals surface area contributed by atoms with Gasteiger partial charge in [0.05, 0.1) is 24.2 Å². The molecule has 1 rings (SSSR count). The summed E-state index contributed by atoms with van der Waals surface area (Å²) in [4.78, 5) is 0.0805. The van der Waals surface area contributed by atoms with Crippen LogP contribution in [0.15, 0.2) is 23.1 Å². The van der Waals surface area contributed by atoms with Crippen LogP contribution in [-0.2, 0) is 16.4 Å². The van der Waals surface area contributed by atoms with E-state index in [1.165, 1.54) is 6.07 Å². The van der Waals surface area contributed by atoms with Gasteiger partial charge in [-0.2, -0.15) is 0 Å². The molecule has 0 heterocycles. The smallest absolute Gasteiger partial charge is 0.241 e. The van der Waals surface area contributed by atoms with Crippen LogP contribution < -0.4 is 10.5 Å². The van der Waals surface area contributed by atoms with Crippen molar-refractivity contribution in [3.8, 4) is 0 Å². The SMILES string of the molecule is CCc1ccc(N)cc1S(=O)(=O)NC(CO)CO. The number of sulfonamides is 1. The van der Waals surface area contributed by atoms with Crippen molar-refractivity contribution >= 4 is 15.7 Å². The number of benzene rings is 1. The number of rotatable bonds is 6. The summed E-state index contributed by atoms with van der Waals surface area (Å²) < 4.78 is 26.4. The van der Waals surface area contributed by atoms with Gasteiger partial charge in [-0.15, -0.1) is 0 Å². The average Bonchev–Trinajstić information content (AvgIpc) is 2.36. The molecule has 0 saturated carbocycles. The van der Waals surface area contributed by atoms with E-state index < -0.39 is 29.3 Å². The van der Waals surface area contributed by atoms with E-state index in [1.54, 1.807) is 12.1 Å². The highest BCUT2D eigenvalue weighted by Gasteiger charge is 2.21. The number of nitrogens with one attached hydrogen (secondary N) is 1. The van der Waals surface area contributed by atoms with Crippen molar-refractivity contribution in [3.63, 3.8) is 0 Å². The van der Waals surface area contributed by atoms with Crippen molar-refractivity contribution in [2.45, 2.75) is 24.3 Å². The number of anilines is 1. The molecule has 7 heteroatoms. The molecule has 6 nitrogen and oxygen atoms in total. The number of aryl methyl sites for hydroxylation is 1. The molecule has 0 bridgehead atoms. The van der Waals surface area contributed by atoms with Gasteiger partial charge in [-0.25, -0.2) is 13.1 Å². The second-order valence-corrected chi connectivity index (χ2v) is 5.59. The summed E-state index contributed by atoms with van der Waals surface area (Å²) in [5, 5.41) is 17.8. The molecule has 0 amide bonds. The van der Waals surface area contributed by atoms with Gasteiger partial charge in [0, 0.05) is 5.69 Å². The first-order chi connectivity index (χ1) is 8.44. The van der Waals surface area contributed by atoms with Crippen molar-refractivity contribution < 1.29 is 18.6 Å². The summed E-state index contributed by atoms with van der Waals surface area (Å²) in [6.45, 7) is 0.888. The van der Waals surface area contributed by atoms with Crippen LogP contribution in [0.2, 0.25) is 0 Å². The second kappa shape index (κ2) is 6.14. The Hall–Kier alpha value is -1.15. The van der Waals surface area contributed by atoms with E-state index in [9.17, 15) is 8.42 Å². The summed E-state index contributed by atoms with van der Waals surface area (Å²) >= 11 is 0. The van der Waals surface area contributed by atoms with Gasteiger partial charge in [0.25, 0.3) is 0 Å². The maximum absolute atomic E-state index is 12.1. The molecule has 0 atom stereocenters. The zero-order valence-electron chi connectivity index (χ0n) is 10.1. The van der Waals surface area contributed by atoms with Crippen LogP contribution in [0.4, 0.5) is 5.69 Å². The van der Waals surface area contributed by atoms with Gasteiger partial charge in [-0.1, -0.05) is 13.0 Å². The predicted octanol–water partition coefficient (Wildman–Crippen LogP) is -0.537. The zero-order valence-corrected chi connectivity index (χ0v) is 10.9. The zero-order chi connectivity index (χ0) is 13.8. The summed E-state index contributed by atoms with van der Waals surface area (Å²) in [5.41, 5.74) is 6.56. The topological polar surface area (TPSA) is 113 Å². The van der Waals surface area contributed by atoms with Crippen LogP contribution in [-0.4, -0.2) is 37.9 Å². The summed E-state index contributed by atoms with van der Waals surface area (Å²) in [5.74, 6) is 0. The first-order valence-corrected chi connectivity index (χ1v) is 7.05. The quantitative estimate of drug-likeness (QED) is 0.521. The normalized spacial score (nSPS) is 12.0. The molecular weight excluding hydrogens is 256 g/mol. The molecule has 102 valence electrons. The van der Waals surface area contributed by atoms with Gasteiger partial charge in [0.2, 0.25) is 10.0 Å². The minimum absolute atomic E-state index is 0.0805. The van der Waals surface area contributed by atoms with Crippen molar-refractivity contribution in [2.24, 2.45) is 0 Å². The summed E-state index contributed by atoms with van der Waals surface area (Å²) in [6.07, 6.45) is 0.541. The fourth-order valence-corrected chi connectivity index (χ4v) is 3.09. The van der Waals surface area contributed by atoms with E-state index >= 15 is 0 Å². The van der Waals surface area contributed by atoms with Crippen molar-refractivity contribution in [2.75, 3.05) is 18.9 Å². The third-order valence-corrected chi connectivity index (χ3v) is 4.13. The Balaban J connectivity index is 3.15. The van der Waals surface area contributed by atoms with E-state index in [1.807, 2.05) is 6.92 Å². The molecule has 0 saturated heterocycles. The van der Waals surface area contributed by atoms with Crippen LogP contribution in [0.3, 0.4) is 0 Å². The summed E-state index contributed by atoms with van der Waals surface area (Å²) in [6, 6.07) is 3.73. The molecule has 1 aromatic rings. The number of hydrogen-bond acceptors (Lipinski definition) is 5. The third-order valence-electron chi connectivity index (χ3n) is 2.52. The lowest BCUT2D eigenvalue weighted by Crippen LogP contribution is -2.40. The largest absolute Gasteiger partial charge is 0.399 e. The Morgan fingerprint density at radius 3 is 2.44 bits per heavy atom. The molecule has 5 N–H and O–H groups in total. The Morgan fingerprint density at radius 1 is 1.33 bits per heavy atom. The van der Waals surface area contributed by atoms with Crippen molar-refractivity contribution in [1.82, 2.24) is 4.72 Å². The van der Waals surface area contributed by atoms with Crippen LogP contribution in [0.1, 0.15) is 12.5 Å². The number of nitrogens with two attached hydrogens (primary N) is 1. The highest BCUT2D eigenvalue weighted by Crippen LogP contribution is 2.19. The average molecular weight is 274 g/mol. The minimum atomic E-state index is -3.80. The molecule has 0 aliphatic heterocycles. The van der Waals surface area contributed by atoms with E-state index in [4.69, 9.17) is 15.9 Å². The first kappa shape index (κ1) is 14.9. The lowest BCUT2D eigenvalue weighted by molar-refractivity contribution is 0.185. The lowest BCUT2D eigenvalue weighted by Gasteiger charge is -2.16. The molecule has 0 aromatic heterocycles. The number of nitrogen functional groups attached to an aromatic ring is 1. The molecule has 0 unspecified atom stereocenters. The molecule has 0 aliphatic rings. The Labute approximate surface area is 106 Å². The third kappa shape index (κ3) is 3.42. The summed E-state index contributed by atoms with van der Waals surface area (Å²) in [7, 11) is -3.80. The van der Waals surface area contributed by atoms with Crippen molar-refractivity contribution in [1.29, 1.82) is 0 Å². The van der Waals surface area contributed by atoms with E-state index in [0.29, 0.717) is 17.7 Å². The van der Waals surface area contributed by atoms with Gasteiger partial charge in [-0.3, -0.25) is 0 Å².